The first-order chi connectivity index (χ1) is 8.61. The van der Waals surface area contributed by atoms with Crippen molar-refractivity contribution in [1.82, 2.24) is 0 Å². The van der Waals surface area contributed by atoms with Crippen LogP contribution in [0, 0.1) is 6.92 Å². The Hall–Kier alpha value is -1.80. The molecule has 0 heterocycles. The van der Waals surface area contributed by atoms with Crippen LogP contribution in [-0.4, -0.2) is 7.11 Å². The van der Waals surface area contributed by atoms with Gasteiger partial charge in [-0.15, -0.1) is 0 Å². The van der Waals surface area contributed by atoms with Crippen LogP contribution in [0.2, 0.25) is 0 Å². The molecule has 2 aromatic carbocycles. The zero-order valence-electron chi connectivity index (χ0n) is 11.1. The molecule has 2 nitrogen and oxygen atoms in total. The summed E-state index contributed by atoms with van der Waals surface area (Å²) in [6.07, 6.45) is 0. The molecule has 0 aliphatic carbocycles. The summed E-state index contributed by atoms with van der Waals surface area (Å²) in [7, 11) is 1.67. The maximum Gasteiger partial charge on any atom is 0.123 e. The van der Waals surface area contributed by atoms with E-state index in [4.69, 9.17) is 10.5 Å². The predicted molar refractivity (Wildman–Crippen MR) is 75.8 cm³/mol. The van der Waals surface area contributed by atoms with Gasteiger partial charge in [-0.05, 0) is 37.1 Å². The molecule has 0 bridgehead atoms. The Morgan fingerprint density at radius 2 is 1.78 bits per heavy atom. The summed E-state index contributed by atoms with van der Waals surface area (Å²) in [5.41, 5.74) is 10.7. The second kappa shape index (κ2) is 5.23. The molecule has 0 saturated carbocycles. The molecule has 1 atom stereocenters. The van der Waals surface area contributed by atoms with Gasteiger partial charge >= 0.3 is 0 Å². The van der Waals surface area contributed by atoms with Crippen LogP contribution >= 0.6 is 0 Å². The average Bonchev–Trinajstić information content (AvgIpc) is 2.38. The van der Waals surface area contributed by atoms with Crippen molar-refractivity contribution in [1.29, 1.82) is 0 Å². The van der Waals surface area contributed by atoms with E-state index in [9.17, 15) is 0 Å². The number of rotatable bonds is 3. The number of ether oxygens (including phenoxy) is 1. The van der Waals surface area contributed by atoms with Gasteiger partial charge in [0.1, 0.15) is 5.75 Å². The molecule has 0 saturated heterocycles. The summed E-state index contributed by atoms with van der Waals surface area (Å²) in [4.78, 5) is 0. The Bertz CT molecular complexity index is 547. The minimum absolute atomic E-state index is 0.0373. The lowest BCUT2D eigenvalue weighted by molar-refractivity contribution is 0.407. The van der Waals surface area contributed by atoms with Crippen LogP contribution in [0.4, 0.5) is 0 Å². The lowest BCUT2D eigenvalue weighted by Gasteiger charge is -2.14. The highest BCUT2D eigenvalue weighted by molar-refractivity contribution is 5.66. The third-order valence-corrected chi connectivity index (χ3v) is 3.07. The molecule has 2 rings (SSSR count). The van der Waals surface area contributed by atoms with Gasteiger partial charge < -0.3 is 10.5 Å². The maximum atomic E-state index is 5.99. The highest BCUT2D eigenvalue weighted by Crippen LogP contribution is 2.30. The maximum absolute atomic E-state index is 5.99. The molecular weight excluding hydrogens is 222 g/mol. The Kier molecular flexibility index (Phi) is 3.68. The van der Waals surface area contributed by atoms with E-state index in [1.807, 2.05) is 13.0 Å². The summed E-state index contributed by atoms with van der Waals surface area (Å²) in [6, 6.07) is 14.6. The second-order valence-electron chi connectivity index (χ2n) is 4.61. The quantitative estimate of drug-likeness (QED) is 0.889. The lowest BCUT2D eigenvalue weighted by Crippen LogP contribution is -2.07. The van der Waals surface area contributed by atoms with Crippen molar-refractivity contribution in [2.75, 3.05) is 7.11 Å². The standard InChI is InChI=1S/C16H19NO/c1-11-5-4-6-13(9-11)14-7-8-16(18-3)15(10-14)12(2)17/h4-10,12H,17H2,1-3H3. The van der Waals surface area contributed by atoms with E-state index in [2.05, 4.69) is 43.3 Å². The van der Waals surface area contributed by atoms with Gasteiger partial charge in [-0.3, -0.25) is 0 Å². The van der Waals surface area contributed by atoms with Gasteiger partial charge in [0, 0.05) is 11.6 Å². The average molecular weight is 241 g/mol. The van der Waals surface area contributed by atoms with Gasteiger partial charge in [-0.2, -0.15) is 0 Å². The molecular formula is C16H19NO. The Balaban J connectivity index is 2.50. The third-order valence-electron chi connectivity index (χ3n) is 3.07. The van der Waals surface area contributed by atoms with Crippen LogP contribution in [0.25, 0.3) is 11.1 Å². The highest BCUT2D eigenvalue weighted by Gasteiger charge is 2.09. The largest absolute Gasteiger partial charge is 0.496 e. The molecule has 0 aliphatic heterocycles. The monoisotopic (exact) mass is 241 g/mol. The van der Waals surface area contributed by atoms with Crippen molar-refractivity contribution in [3.63, 3.8) is 0 Å². The Labute approximate surface area is 108 Å². The van der Waals surface area contributed by atoms with Crippen LogP contribution in [0.3, 0.4) is 0 Å². The topological polar surface area (TPSA) is 35.2 Å². The van der Waals surface area contributed by atoms with E-state index in [1.165, 1.54) is 16.7 Å². The Morgan fingerprint density at radius 3 is 2.39 bits per heavy atom. The molecule has 0 radical (unpaired) electrons. The number of nitrogens with two attached hydrogens (primary N) is 1. The van der Waals surface area contributed by atoms with E-state index in [0.29, 0.717) is 0 Å². The van der Waals surface area contributed by atoms with Crippen molar-refractivity contribution in [2.45, 2.75) is 19.9 Å². The minimum atomic E-state index is -0.0373. The minimum Gasteiger partial charge on any atom is -0.496 e. The summed E-state index contributed by atoms with van der Waals surface area (Å²) >= 11 is 0. The zero-order valence-corrected chi connectivity index (χ0v) is 11.1. The fourth-order valence-electron chi connectivity index (χ4n) is 2.09. The smallest absolute Gasteiger partial charge is 0.123 e. The van der Waals surface area contributed by atoms with E-state index in [-0.39, 0.29) is 6.04 Å². The molecule has 2 aromatic rings. The van der Waals surface area contributed by atoms with Crippen molar-refractivity contribution in [2.24, 2.45) is 5.73 Å². The van der Waals surface area contributed by atoms with Crippen molar-refractivity contribution in [3.8, 4) is 16.9 Å². The molecule has 2 heteroatoms. The molecule has 0 fully saturated rings. The first-order valence-corrected chi connectivity index (χ1v) is 6.12. The lowest BCUT2D eigenvalue weighted by atomic mass is 9.98. The molecule has 94 valence electrons. The number of hydrogen-bond acceptors (Lipinski definition) is 2. The molecule has 0 aliphatic rings. The number of aryl methyl sites for hydroxylation is 1. The third kappa shape index (κ3) is 2.54. The molecule has 18 heavy (non-hydrogen) atoms. The SMILES string of the molecule is COc1ccc(-c2cccc(C)c2)cc1C(C)N. The summed E-state index contributed by atoms with van der Waals surface area (Å²) in [5, 5.41) is 0. The van der Waals surface area contributed by atoms with E-state index >= 15 is 0 Å². The second-order valence-corrected chi connectivity index (χ2v) is 4.61. The first-order valence-electron chi connectivity index (χ1n) is 6.12. The normalized spacial score (nSPS) is 12.2. The molecule has 2 N–H and O–H groups in total. The van der Waals surface area contributed by atoms with Crippen LogP contribution in [0.15, 0.2) is 42.5 Å². The van der Waals surface area contributed by atoms with Gasteiger partial charge in [0.25, 0.3) is 0 Å². The van der Waals surface area contributed by atoms with Gasteiger partial charge in [-0.25, -0.2) is 0 Å². The number of hydrogen-bond donors (Lipinski definition) is 1. The van der Waals surface area contributed by atoms with Crippen molar-refractivity contribution in [3.05, 3.63) is 53.6 Å². The summed E-state index contributed by atoms with van der Waals surface area (Å²) in [5.74, 6) is 0.849. The number of methoxy groups -OCH3 is 1. The highest BCUT2D eigenvalue weighted by atomic mass is 16.5. The summed E-state index contributed by atoms with van der Waals surface area (Å²) in [6.45, 7) is 4.07. The van der Waals surface area contributed by atoms with E-state index in [1.54, 1.807) is 7.11 Å². The van der Waals surface area contributed by atoms with E-state index in [0.717, 1.165) is 11.3 Å². The van der Waals surface area contributed by atoms with Crippen LogP contribution in [0.5, 0.6) is 5.75 Å². The predicted octanol–water partition coefficient (Wildman–Crippen LogP) is 3.69. The van der Waals surface area contributed by atoms with Gasteiger partial charge in [0.2, 0.25) is 0 Å². The van der Waals surface area contributed by atoms with Crippen molar-refractivity contribution < 1.29 is 4.74 Å². The van der Waals surface area contributed by atoms with Gasteiger partial charge in [0.05, 0.1) is 7.11 Å². The molecule has 0 aromatic heterocycles. The molecule has 1 unspecified atom stereocenters. The van der Waals surface area contributed by atoms with Gasteiger partial charge in [-0.1, -0.05) is 35.9 Å². The Morgan fingerprint density at radius 1 is 1.06 bits per heavy atom. The number of benzene rings is 2. The first kappa shape index (κ1) is 12.7. The van der Waals surface area contributed by atoms with Crippen LogP contribution in [-0.2, 0) is 0 Å². The van der Waals surface area contributed by atoms with Crippen molar-refractivity contribution >= 4 is 0 Å². The zero-order chi connectivity index (χ0) is 13.1. The van der Waals surface area contributed by atoms with Gasteiger partial charge in [0.15, 0.2) is 0 Å². The van der Waals surface area contributed by atoms with Crippen LogP contribution < -0.4 is 10.5 Å². The fraction of sp³-hybridized carbons (Fsp3) is 0.250. The molecule has 0 spiro atoms. The van der Waals surface area contributed by atoms with Crippen LogP contribution in [0.1, 0.15) is 24.1 Å². The summed E-state index contributed by atoms with van der Waals surface area (Å²) < 4.78 is 5.34. The fourth-order valence-corrected chi connectivity index (χ4v) is 2.09. The molecule has 0 amide bonds. The van der Waals surface area contributed by atoms with E-state index < -0.39 is 0 Å².